The first-order chi connectivity index (χ1) is 8.40. The van der Waals surface area contributed by atoms with Gasteiger partial charge in [-0.2, -0.15) is 5.10 Å². The van der Waals surface area contributed by atoms with E-state index in [1.165, 1.54) is 25.4 Å². The Labute approximate surface area is 103 Å². The summed E-state index contributed by atoms with van der Waals surface area (Å²) >= 11 is 0. The lowest BCUT2D eigenvalue weighted by molar-refractivity contribution is 0.565. The molecule has 1 aromatic carbocycles. The molecule has 0 saturated carbocycles. The van der Waals surface area contributed by atoms with Crippen LogP contribution in [0.3, 0.4) is 0 Å². The molecule has 1 heterocycles. The van der Waals surface area contributed by atoms with Gasteiger partial charge in [0.15, 0.2) is 0 Å². The van der Waals surface area contributed by atoms with Crippen LogP contribution in [-0.2, 0) is 10.0 Å². The molecule has 18 heavy (non-hydrogen) atoms. The van der Waals surface area contributed by atoms with E-state index < -0.39 is 20.7 Å². The fourth-order valence-electron chi connectivity index (χ4n) is 1.48. The van der Waals surface area contributed by atoms with Gasteiger partial charge in [0, 0.05) is 11.9 Å². The molecule has 6 nitrogen and oxygen atoms in total. The molecular weight excluding hydrogens is 259 g/mol. The van der Waals surface area contributed by atoms with Crippen molar-refractivity contribution < 1.29 is 12.8 Å². The number of rotatable bonds is 3. The Morgan fingerprint density at radius 2 is 2.17 bits per heavy atom. The van der Waals surface area contributed by atoms with Crippen molar-refractivity contribution in [1.29, 1.82) is 0 Å². The van der Waals surface area contributed by atoms with E-state index in [0.29, 0.717) is 0 Å². The van der Waals surface area contributed by atoms with Gasteiger partial charge in [-0.05, 0) is 24.6 Å². The number of nitrogens with one attached hydrogen (secondary N) is 2. The van der Waals surface area contributed by atoms with Crippen LogP contribution in [0.2, 0.25) is 0 Å². The van der Waals surface area contributed by atoms with Crippen molar-refractivity contribution in [3.63, 3.8) is 0 Å². The van der Waals surface area contributed by atoms with Gasteiger partial charge in [-0.1, -0.05) is 0 Å². The van der Waals surface area contributed by atoms with Gasteiger partial charge in [-0.25, -0.2) is 12.8 Å². The number of nitrogens with two attached hydrogens (primary N) is 1. The van der Waals surface area contributed by atoms with E-state index in [-0.39, 0.29) is 16.9 Å². The molecular formula is C10H11FN4O2S. The highest BCUT2D eigenvalue weighted by Gasteiger charge is 2.21. The molecule has 0 aliphatic heterocycles. The van der Waals surface area contributed by atoms with E-state index in [1.807, 2.05) is 0 Å². The van der Waals surface area contributed by atoms with E-state index in [1.54, 1.807) is 0 Å². The zero-order valence-electron chi connectivity index (χ0n) is 9.44. The molecule has 0 unspecified atom stereocenters. The van der Waals surface area contributed by atoms with Gasteiger partial charge in [-0.3, -0.25) is 9.82 Å². The number of aromatic nitrogens is 2. The van der Waals surface area contributed by atoms with Crippen LogP contribution in [0.15, 0.2) is 29.4 Å². The van der Waals surface area contributed by atoms with Crippen molar-refractivity contribution >= 4 is 21.4 Å². The van der Waals surface area contributed by atoms with Gasteiger partial charge < -0.3 is 5.73 Å². The maximum absolute atomic E-state index is 13.8. The number of H-pyrrole nitrogens is 1. The number of aryl methyl sites for hydroxylation is 1. The van der Waals surface area contributed by atoms with Crippen LogP contribution < -0.4 is 10.5 Å². The third-order valence-electron chi connectivity index (χ3n) is 2.28. The van der Waals surface area contributed by atoms with Crippen LogP contribution >= 0.6 is 0 Å². The van der Waals surface area contributed by atoms with Crippen LogP contribution in [0.5, 0.6) is 0 Å². The summed E-state index contributed by atoms with van der Waals surface area (Å²) < 4.78 is 40.0. The van der Waals surface area contributed by atoms with Gasteiger partial charge in [0.2, 0.25) is 0 Å². The molecule has 0 bridgehead atoms. The van der Waals surface area contributed by atoms with Crippen molar-refractivity contribution in [2.75, 3.05) is 10.5 Å². The van der Waals surface area contributed by atoms with Crippen LogP contribution in [0, 0.1) is 12.7 Å². The summed E-state index contributed by atoms with van der Waals surface area (Å²) in [5.74, 6) is -0.819. The van der Waals surface area contributed by atoms with Crippen molar-refractivity contribution in [1.82, 2.24) is 10.2 Å². The lowest BCUT2D eigenvalue weighted by Crippen LogP contribution is -2.15. The molecule has 0 fully saturated rings. The summed E-state index contributed by atoms with van der Waals surface area (Å²) in [7, 11) is -4.02. The third-order valence-corrected chi connectivity index (χ3v) is 3.66. The van der Waals surface area contributed by atoms with E-state index in [4.69, 9.17) is 5.73 Å². The standard InChI is InChI=1S/C10H11FN4O2S/c1-6-2-7(12)3-9(10(6)11)18(16,17)15-8-4-13-14-5-8/h2-5,15H,12H2,1H3,(H,13,14). The number of nitrogen functional groups attached to an aromatic ring is 1. The molecule has 8 heteroatoms. The zero-order chi connectivity index (χ0) is 13.3. The Morgan fingerprint density at radius 3 is 2.78 bits per heavy atom. The molecule has 0 aliphatic carbocycles. The Kier molecular flexibility index (Phi) is 2.95. The maximum Gasteiger partial charge on any atom is 0.265 e. The average molecular weight is 270 g/mol. The summed E-state index contributed by atoms with van der Waals surface area (Å²) in [4.78, 5) is -0.485. The number of anilines is 2. The number of hydrogen-bond acceptors (Lipinski definition) is 4. The van der Waals surface area contributed by atoms with Gasteiger partial charge in [0.25, 0.3) is 10.0 Å². The molecule has 0 atom stereocenters. The third kappa shape index (κ3) is 2.28. The van der Waals surface area contributed by atoms with E-state index in [2.05, 4.69) is 14.9 Å². The molecule has 0 aliphatic rings. The first kappa shape index (κ1) is 12.4. The first-order valence-corrected chi connectivity index (χ1v) is 6.45. The number of halogens is 1. The molecule has 0 saturated heterocycles. The quantitative estimate of drug-likeness (QED) is 0.730. The summed E-state index contributed by atoms with van der Waals surface area (Å²) in [5.41, 5.74) is 6.09. The molecule has 0 amide bonds. The Morgan fingerprint density at radius 1 is 1.44 bits per heavy atom. The molecule has 2 aromatic rings. The van der Waals surface area contributed by atoms with Gasteiger partial charge >= 0.3 is 0 Å². The first-order valence-electron chi connectivity index (χ1n) is 4.97. The summed E-state index contributed by atoms with van der Waals surface area (Å²) in [6, 6.07) is 2.44. The van der Waals surface area contributed by atoms with Crippen molar-refractivity contribution in [2.24, 2.45) is 0 Å². The van der Waals surface area contributed by atoms with Crippen LogP contribution in [0.1, 0.15) is 5.56 Å². The minimum Gasteiger partial charge on any atom is -0.399 e. The normalized spacial score (nSPS) is 11.4. The number of nitrogens with zero attached hydrogens (tertiary/aromatic N) is 1. The van der Waals surface area contributed by atoms with Crippen LogP contribution in [0.25, 0.3) is 0 Å². The SMILES string of the molecule is Cc1cc(N)cc(S(=O)(=O)Nc2cn[nH]c2)c1F. The second kappa shape index (κ2) is 4.30. The van der Waals surface area contributed by atoms with Crippen LogP contribution in [0.4, 0.5) is 15.8 Å². The fourth-order valence-corrected chi connectivity index (χ4v) is 2.70. The Balaban J connectivity index is 2.48. The predicted octanol–water partition coefficient (Wildman–Crippen LogP) is 1.24. The predicted molar refractivity (Wildman–Crippen MR) is 64.9 cm³/mol. The van der Waals surface area contributed by atoms with Gasteiger partial charge in [0.05, 0.1) is 11.9 Å². The van der Waals surface area contributed by atoms with E-state index in [9.17, 15) is 12.8 Å². The van der Waals surface area contributed by atoms with E-state index in [0.717, 1.165) is 6.07 Å². The lowest BCUT2D eigenvalue weighted by Gasteiger charge is -2.09. The smallest absolute Gasteiger partial charge is 0.265 e. The second-order valence-corrected chi connectivity index (χ2v) is 5.39. The van der Waals surface area contributed by atoms with Gasteiger partial charge in [0.1, 0.15) is 10.7 Å². The van der Waals surface area contributed by atoms with E-state index >= 15 is 0 Å². The monoisotopic (exact) mass is 270 g/mol. The summed E-state index contributed by atoms with van der Waals surface area (Å²) in [6.07, 6.45) is 2.61. The highest BCUT2D eigenvalue weighted by Crippen LogP contribution is 2.23. The Hall–Kier alpha value is -2.09. The molecule has 2 rings (SSSR count). The van der Waals surface area contributed by atoms with Crippen molar-refractivity contribution in [3.05, 3.63) is 35.9 Å². The highest BCUT2D eigenvalue weighted by atomic mass is 32.2. The summed E-state index contributed by atoms with van der Waals surface area (Å²) in [5, 5.41) is 6.03. The second-order valence-electron chi connectivity index (χ2n) is 3.74. The summed E-state index contributed by atoms with van der Waals surface area (Å²) in [6.45, 7) is 1.45. The minimum atomic E-state index is -4.02. The molecule has 0 spiro atoms. The van der Waals surface area contributed by atoms with Crippen molar-refractivity contribution in [2.45, 2.75) is 11.8 Å². The topological polar surface area (TPSA) is 101 Å². The average Bonchev–Trinajstić information content (AvgIpc) is 2.75. The van der Waals surface area contributed by atoms with Crippen LogP contribution in [-0.4, -0.2) is 18.6 Å². The van der Waals surface area contributed by atoms with Crippen molar-refractivity contribution in [3.8, 4) is 0 Å². The molecule has 0 radical (unpaired) electrons. The largest absolute Gasteiger partial charge is 0.399 e. The molecule has 96 valence electrons. The number of benzene rings is 1. The lowest BCUT2D eigenvalue weighted by atomic mass is 10.2. The van der Waals surface area contributed by atoms with Gasteiger partial charge in [-0.15, -0.1) is 0 Å². The Bertz CT molecular complexity index is 667. The number of sulfonamides is 1. The maximum atomic E-state index is 13.8. The number of hydrogen-bond donors (Lipinski definition) is 3. The number of aromatic amines is 1. The molecule has 1 aromatic heterocycles. The zero-order valence-corrected chi connectivity index (χ0v) is 10.3. The highest BCUT2D eigenvalue weighted by molar-refractivity contribution is 7.92. The molecule has 4 N–H and O–H groups in total. The fraction of sp³-hybridized carbons (Fsp3) is 0.100. The minimum absolute atomic E-state index is 0.169.